The molecule has 0 aliphatic carbocycles. The van der Waals surface area contributed by atoms with Crippen LogP contribution in [0.5, 0.6) is 0 Å². The lowest BCUT2D eigenvalue weighted by Gasteiger charge is -2.31. The van der Waals surface area contributed by atoms with Crippen molar-refractivity contribution in [2.45, 2.75) is 20.0 Å². The molecule has 0 saturated carbocycles. The second-order valence-electron chi connectivity index (χ2n) is 5.18. The highest BCUT2D eigenvalue weighted by Gasteiger charge is 2.21. The number of ether oxygens (including phenoxy) is 1. The Labute approximate surface area is 119 Å². The zero-order valence-electron chi connectivity index (χ0n) is 12.3. The number of carbonyl (C=O) groups is 1. The third-order valence-corrected chi connectivity index (χ3v) is 3.63. The van der Waals surface area contributed by atoms with Crippen molar-refractivity contribution < 1.29 is 9.53 Å². The largest absolute Gasteiger partial charge is 0.374 e. The molecule has 1 aromatic rings. The second kappa shape index (κ2) is 6.34. The lowest BCUT2D eigenvalue weighted by Crippen LogP contribution is -2.48. The summed E-state index contributed by atoms with van der Waals surface area (Å²) in [6.45, 7) is 6.76. The third kappa shape index (κ3) is 3.36. The van der Waals surface area contributed by atoms with Gasteiger partial charge in [0.1, 0.15) is 0 Å². The van der Waals surface area contributed by atoms with E-state index in [1.165, 1.54) is 0 Å². The number of morpholine rings is 1. The van der Waals surface area contributed by atoms with Gasteiger partial charge in [-0.15, -0.1) is 0 Å². The van der Waals surface area contributed by atoms with Crippen molar-refractivity contribution >= 4 is 11.6 Å². The lowest BCUT2D eigenvalue weighted by atomic mass is 10.2. The van der Waals surface area contributed by atoms with Gasteiger partial charge in [-0.2, -0.15) is 5.10 Å². The summed E-state index contributed by atoms with van der Waals surface area (Å²) < 4.78 is 7.26. The number of hydrogen-bond acceptors (Lipinski definition) is 5. The van der Waals surface area contributed by atoms with E-state index in [9.17, 15) is 4.79 Å². The van der Waals surface area contributed by atoms with Crippen LogP contribution in [0, 0.1) is 13.8 Å². The molecule has 0 spiro atoms. The summed E-state index contributed by atoms with van der Waals surface area (Å²) >= 11 is 0. The number of aryl methyl sites for hydroxylation is 2. The molecule has 2 heterocycles. The van der Waals surface area contributed by atoms with Crippen LogP contribution in [0.4, 0.5) is 5.69 Å². The van der Waals surface area contributed by atoms with Gasteiger partial charge in [-0.25, -0.2) is 0 Å². The van der Waals surface area contributed by atoms with Crippen LogP contribution in [-0.4, -0.2) is 59.5 Å². The first kappa shape index (κ1) is 15.0. The third-order valence-electron chi connectivity index (χ3n) is 3.63. The molecule has 1 aromatic heterocycles. The van der Waals surface area contributed by atoms with Crippen molar-refractivity contribution in [3.05, 3.63) is 11.4 Å². The van der Waals surface area contributed by atoms with E-state index in [-0.39, 0.29) is 12.0 Å². The Morgan fingerprint density at radius 1 is 1.55 bits per heavy atom. The SMILES string of the molecule is Cc1nn(C)c(C)c1NC(=O)CN1CCOC(CN)C1. The molecular weight excluding hydrogens is 258 g/mol. The molecule has 7 nitrogen and oxygen atoms in total. The van der Waals surface area contributed by atoms with Crippen LogP contribution < -0.4 is 11.1 Å². The van der Waals surface area contributed by atoms with E-state index < -0.39 is 0 Å². The Kier molecular flexibility index (Phi) is 4.74. The molecule has 2 rings (SSSR count). The van der Waals surface area contributed by atoms with Crippen molar-refractivity contribution in [1.29, 1.82) is 0 Å². The van der Waals surface area contributed by atoms with E-state index in [0.29, 0.717) is 26.2 Å². The van der Waals surface area contributed by atoms with Gasteiger partial charge >= 0.3 is 0 Å². The van der Waals surface area contributed by atoms with Gasteiger partial charge in [-0.3, -0.25) is 14.4 Å². The standard InChI is InChI=1S/C13H23N5O2/c1-9-13(10(2)17(3)16-9)15-12(19)8-18-4-5-20-11(6-14)7-18/h11H,4-8,14H2,1-3H3,(H,15,19). The first-order valence-electron chi connectivity index (χ1n) is 6.85. The Bertz CT molecular complexity index is 485. The molecule has 1 aliphatic heterocycles. The Morgan fingerprint density at radius 3 is 2.90 bits per heavy atom. The van der Waals surface area contributed by atoms with Crippen LogP contribution in [0.1, 0.15) is 11.4 Å². The maximum absolute atomic E-state index is 12.1. The van der Waals surface area contributed by atoms with Crippen molar-refractivity contribution in [3.63, 3.8) is 0 Å². The fourth-order valence-electron chi connectivity index (χ4n) is 2.40. The van der Waals surface area contributed by atoms with Crippen LogP contribution in [0.25, 0.3) is 0 Å². The number of carbonyl (C=O) groups excluding carboxylic acids is 1. The van der Waals surface area contributed by atoms with Crippen LogP contribution in [0.3, 0.4) is 0 Å². The normalized spacial score (nSPS) is 20.1. The number of hydrogen-bond donors (Lipinski definition) is 2. The van der Waals surface area contributed by atoms with Crippen molar-refractivity contribution in [1.82, 2.24) is 14.7 Å². The highest BCUT2D eigenvalue weighted by Crippen LogP contribution is 2.18. The fourth-order valence-corrected chi connectivity index (χ4v) is 2.40. The number of aromatic nitrogens is 2. The molecule has 0 radical (unpaired) electrons. The number of nitrogens with one attached hydrogen (secondary N) is 1. The van der Waals surface area contributed by atoms with E-state index in [2.05, 4.69) is 15.3 Å². The van der Waals surface area contributed by atoms with E-state index >= 15 is 0 Å². The number of anilines is 1. The second-order valence-corrected chi connectivity index (χ2v) is 5.18. The molecule has 20 heavy (non-hydrogen) atoms. The zero-order chi connectivity index (χ0) is 14.7. The van der Waals surface area contributed by atoms with Crippen LogP contribution in [0.2, 0.25) is 0 Å². The van der Waals surface area contributed by atoms with E-state index in [1.807, 2.05) is 20.9 Å². The number of amides is 1. The topological polar surface area (TPSA) is 85.4 Å². The zero-order valence-corrected chi connectivity index (χ0v) is 12.3. The van der Waals surface area contributed by atoms with Gasteiger partial charge in [0.25, 0.3) is 0 Å². The summed E-state index contributed by atoms with van der Waals surface area (Å²) in [5, 5.41) is 7.23. The smallest absolute Gasteiger partial charge is 0.238 e. The molecule has 1 amide bonds. The summed E-state index contributed by atoms with van der Waals surface area (Å²) in [6.07, 6.45) is 0.0263. The Morgan fingerprint density at radius 2 is 2.30 bits per heavy atom. The average molecular weight is 281 g/mol. The number of nitrogens with zero attached hydrogens (tertiary/aromatic N) is 3. The minimum absolute atomic E-state index is 0.0260. The molecule has 112 valence electrons. The van der Waals surface area contributed by atoms with Crippen LogP contribution in [-0.2, 0) is 16.6 Å². The van der Waals surface area contributed by atoms with Crippen molar-refractivity contribution in [3.8, 4) is 0 Å². The van der Waals surface area contributed by atoms with E-state index in [0.717, 1.165) is 23.6 Å². The maximum atomic E-state index is 12.1. The quantitative estimate of drug-likeness (QED) is 0.787. The van der Waals surface area contributed by atoms with Crippen LogP contribution >= 0.6 is 0 Å². The summed E-state index contributed by atoms with van der Waals surface area (Å²) in [6, 6.07) is 0. The van der Waals surface area contributed by atoms with Crippen molar-refractivity contribution in [2.24, 2.45) is 12.8 Å². The molecule has 1 unspecified atom stereocenters. The average Bonchev–Trinajstić information content (AvgIpc) is 2.65. The minimum atomic E-state index is -0.0260. The molecule has 7 heteroatoms. The molecule has 1 atom stereocenters. The Balaban J connectivity index is 1.92. The molecule has 3 N–H and O–H groups in total. The van der Waals surface area contributed by atoms with Gasteiger partial charge in [-0.05, 0) is 13.8 Å². The number of rotatable bonds is 4. The van der Waals surface area contributed by atoms with Gasteiger partial charge in [0.05, 0.1) is 36.3 Å². The monoisotopic (exact) mass is 281 g/mol. The minimum Gasteiger partial charge on any atom is -0.374 e. The molecule has 0 bridgehead atoms. The highest BCUT2D eigenvalue weighted by molar-refractivity contribution is 5.93. The lowest BCUT2D eigenvalue weighted by molar-refractivity contribution is -0.119. The fraction of sp³-hybridized carbons (Fsp3) is 0.692. The highest BCUT2D eigenvalue weighted by atomic mass is 16.5. The Hall–Kier alpha value is -1.44. The van der Waals surface area contributed by atoms with Gasteiger partial charge < -0.3 is 15.8 Å². The van der Waals surface area contributed by atoms with Gasteiger partial charge in [0, 0.05) is 26.7 Å². The van der Waals surface area contributed by atoms with E-state index in [1.54, 1.807) is 4.68 Å². The maximum Gasteiger partial charge on any atom is 0.238 e. The van der Waals surface area contributed by atoms with Gasteiger partial charge in [0.2, 0.25) is 5.91 Å². The molecule has 1 fully saturated rings. The predicted octanol–water partition coefficient (Wildman–Crippen LogP) is -0.365. The first-order chi connectivity index (χ1) is 9.51. The molecule has 1 aliphatic rings. The summed E-state index contributed by atoms with van der Waals surface area (Å²) in [4.78, 5) is 14.2. The van der Waals surface area contributed by atoms with E-state index in [4.69, 9.17) is 10.5 Å². The van der Waals surface area contributed by atoms with Crippen molar-refractivity contribution in [2.75, 3.05) is 38.1 Å². The summed E-state index contributed by atoms with van der Waals surface area (Å²) in [7, 11) is 1.87. The first-order valence-corrected chi connectivity index (χ1v) is 6.85. The van der Waals surface area contributed by atoms with Gasteiger partial charge in [0.15, 0.2) is 0 Å². The van der Waals surface area contributed by atoms with Gasteiger partial charge in [-0.1, -0.05) is 0 Å². The summed E-state index contributed by atoms with van der Waals surface area (Å²) in [5.74, 6) is -0.0260. The summed E-state index contributed by atoms with van der Waals surface area (Å²) in [5.41, 5.74) is 8.20. The number of nitrogens with two attached hydrogens (primary N) is 1. The van der Waals surface area contributed by atoms with Crippen LogP contribution in [0.15, 0.2) is 0 Å². The molecule has 0 aromatic carbocycles. The molecular formula is C13H23N5O2. The molecule has 1 saturated heterocycles. The predicted molar refractivity (Wildman–Crippen MR) is 76.5 cm³/mol.